The van der Waals surface area contributed by atoms with E-state index < -0.39 is 5.97 Å². The molecule has 0 unspecified atom stereocenters. The van der Waals surface area contributed by atoms with Gasteiger partial charge in [0.05, 0.1) is 20.3 Å². The Hall–Kier alpha value is -2.02. The molecule has 7 heteroatoms. The van der Waals surface area contributed by atoms with E-state index in [1.807, 2.05) is 6.92 Å². The zero-order chi connectivity index (χ0) is 15.7. The van der Waals surface area contributed by atoms with Gasteiger partial charge in [0.1, 0.15) is 17.1 Å². The van der Waals surface area contributed by atoms with Gasteiger partial charge >= 0.3 is 5.97 Å². The summed E-state index contributed by atoms with van der Waals surface area (Å²) in [6.45, 7) is 6.07. The van der Waals surface area contributed by atoms with Crippen LogP contribution in [-0.4, -0.2) is 45.8 Å². The van der Waals surface area contributed by atoms with Crippen molar-refractivity contribution < 1.29 is 18.7 Å². The molecule has 0 bridgehead atoms. The molecule has 118 valence electrons. The van der Waals surface area contributed by atoms with E-state index in [9.17, 15) is 4.79 Å². The number of hydrogen-bond donors (Lipinski definition) is 2. The number of nitrogens with zero attached hydrogens (tertiary/aromatic N) is 1. The Morgan fingerprint density at radius 1 is 1.43 bits per heavy atom. The van der Waals surface area contributed by atoms with Crippen LogP contribution in [0, 0.1) is 6.92 Å². The van der Waals surface area contributed by atoms with Crippen LogP contribution in [0.4, 0.5) is 0 Å². The predicted octanol–water partition coefficient (Wildman–Crippen LogP) is 1.08. The van der Waals surface area contributed by atoms with Crippen molar-refractivity contribution in [2.45, 2.75) is 20.4 Å². The predicted molar refractivity (Wildman–Crippen MR) is 79.5 cm³/mol. The first-order valence-electron chi connectivity index (χ1n) is 6.82. The van der Waals surface area contributed by atoms with Crippen LogP contribution in [0.25, 0.3) is 0 Å². The molecule has 0 aliphatic rings. The zero-order valence-corrected chi connectivity index (χ0v) is 13.0. The quantitative estimate of drug-likeness (QED) is 0.339. The van der Waals surface area contributed by atoms with Gasteiger partial charge in [0.25, 0.3) is 0 Å². The van der Waals surface area contributed by atoms with E-state index in [4.69, 9.17) is 9.15 Å². The molecule has 0 spiro atoms. The molecular weight excluding hydrogens is 274 g/mol. The Morgan fingerprint density at radius 3 is 2.81 bits per heavy atom. The van der Waals surface area contributed by atoms with Crippen LogP contribution >= 0.6 is 0 Å². The number of carbonyl (C=O) groups excluding carboxylic acids is 1. The summed E-state index contributed by atoms with van der Waals surface area (Å²) >= 11 is 0. The van der Waals surface area contributed by atoms with Gasteiger partial charge in [-0.05, 0) is 19.9 Å². The third-order valence-corrected chi connectivity index (χ3v) is 2.77. The van der Waals surface area contributed by atoms with Crippen LogP contribution < -0.4 is 10.6 Å². The first-order valence-corrected chi connectivity index (χ1v) is 6.82. The number of ether oxygens (including phenoxy) is 2. The number of guanidine groups is 1. The smallest absolute Gasteiger partial charge is 0.341 e. The molecule has 0 radical (unpaired) electrons. The van der Waals surface area contributed by atoms with Gasteiger partial charge in [-0.15, -0.1) is 0 Å². The number of hydrogen-bond acceptors (Lipinski definition) is 5. The maximum absolute atomic E-state index is 11.5. The van der Waals surface area contributed by atoms with Crippen LogP contribution in [0.2, 0.25) is 0 Å². The molecule has 0 aliphatic heterocycles. The number of furan rings is 1. The first kappa shape index (κ1) is 17.0. The highest BCUT2D eigenvalue weighted by Gasteiger charge is 2.15. The summed E-state index contributed by atoms with van der Waals surface area (Å²) in [5.41, 5.74) is 0.439. The molecule has 7 nitrogen and oxygen atoms in total. The third-order valence-electron chi connectivity index (χ3n) is 2.77. The highest BCUT2D eigenvalue weighted by Crippen LogP contribution is 2.15. The highest BCUT2D eigenvalue weighted by molar-refractivity contribution is 5.90. The lowest BCUT2D eigenvalue weighted by atomic mass is 10.2. The summed E-state index contributed by atoms with van der Waals surface area (Å²) in [6.07, 6.45) is 0. The van der Waals surface area contributed by atoms with Crippen molar-refractivity contribution in [3.05, 3.63) is 23.2 Å². The normalized spacial score (nSPS) is 11.3. The van der Waals surface area contributed by atoms with E-state index in [-0.39, 0.29) is 0 Å². The lowest BCUT2D eigenvalue weighted by Crippen LogP contribution is -2.38. The molecule has 0 amide bonds. The number of esters is 1. The summed E-state index contributed by atoms with van der Waals surface area (Å²) in [5, 5.41) is 6.21. The maximum atomic E-state index is 11.5. The average Bonchev–Trinajstić information content (AvgIpc) is 2.86. The third kappa shape index (κ3) is 5.47. The van der Waals surface area contributed by atoms with Crippen LogP contribution in [0.5, 0.6) is 0 Å². The van der Waals surface area contributed by atoms with Gasteiger partial charge < -0.3 is 24.5 Å². The molecule has 0 saturated heterocycles. The number of aryl methyl sites for hydroxylation is 1. The Kier molecular flexibility index (Phi) is 7.31. The highest BCUT2D eigenvalue weighted by atomic mass is 16.5. The second-order valence-electron chi connectivity index (χ2n) is 4.22. The Labute approximate surface area is 124 Å². The molecule has 0 saturated carbocycles. The summed E-state index contributed by atoms with van der Waals surface area (Å²) in [7, 11) is 3.03. The van der Waals surface area contributed by atoms with Gasteiger partial charge in [-0.3, -0.25) is 4.99 Å². The summed E-state index contributed by atoms with van der Waals surface area (Å²) in [5.74, 6) is 1.42. The fourth-order valence-corrected chi connectivity index (χ4v) is 1.72. The monoisotopic (exact) mass is 297 g/mol. The van der Waals surface area contributed by atoms with Crippen LogP contribution in [0.3, 0.4) is 0 Å². The molecule has 0 aromatic carbocycles. The van der Waals surface area contributed by atoms with E-state index in [0.717, 1.165) is 0 Å². The van der Waals surface area contributed by atoms with E-state index in [1.165, 1.54) is 7.11 Å². The van der Waals surface area contributed by atoms with E-state index in [0.29, 0.717) is 49.3 Å². The number of nitrogens with one attached hydrogen (secondary N) is 2. The lowest BCUT2D eigenvalue weighted by molar-refractivity contribution is 0.0599. The molecule has 0 aliphatic carbocycles. The van der Waals surface area contributed by atoms with Crippen LogP contribution in [0.15, 0.2) is 15.5 Å². The zero-order valence-electron chi connectivity index (χ0n) is 13.0. The molecular formula is C14H23N3O4. The van der Waals surface area contributed by atoms with Crippen molar-refractivity contribution in [2.75, 3.05) is 33.9 Å². The van der Waals surface area contributed by atoms with Gasteiger partial charge in [0, 0.05) is 20.2 Å². The summed E-state index contributed by atoms with van der Waals surface area (Å²) in [4.78, 5) is 15.6. The average molecular weight is 297 g/mol. The molecule has 1 aromatic heterocycles. The second-order valence-corrected chi connectivity index (χ2v) is 4.22. The van der Waals surface area contributed by atoms with Crippen molar-refractivity contribution in [1.82, 2.24) is 10.6 Å². The van der Waals surface area contributed by atoms with Gasteiger partial charge in [0.15, 0.2) is 5.96 Å². The minimum absolute atomic E-state index is 0.401. The fourth-order valence-electron chi connectivity index (χ4n) is 1.72. The molecule has 0 fully saturated rings. The van der Waals surface area contributed by atoms with Crippen molar-refractivity contribution in [3.8, 4) is 0 Å². The van der Waals surface area contributed by atoms with Crippen molar-refractivity contribution in [2.24, 2.45) is 4.99 Å². The molecule has 1 heterocycles. The fraction of sp³-hybridized carbons (Fsp3) is 0.571. The number of methoxy groups -OCH3 is 1. The second kappa shape index (κ2) is 9.02. The van der Waals surface area contributed by atoms with Gasteiger partial charge in [-0.2, -0.15) is 0 Å². The lowest BCUT2D eigenvalue weighted by Gasteiger charge is -2.10. The number of aliphatic imine (C=N–C) groups is 1. The molecule has 1 rings (SSSR count). The van der Waals surface area contributed by atoms with Crippen molar-refractivity contribution in [3.63, 3.8) is 0 Å². The Balaban J connectivity index is 2.48. The van der Waals surface area contributed by atoms with Crippen molar-refractivity contribution >= 4 is 11.9 Å². The summed E-state index contributed by atoms with van der Waals surface area (Å²) in [6, 6.07) is 1.67. The molecule has 0 atom stereocenters. The number of rotatable bonds is 7. The Morgan fingerprint density at radius 2 is 2.19 bits per heavy atom. The molecule has 2 N–H and O–H groups in total. The van der Waals surface area contributed by atoms with Crippen LogP contribution in [0.1, 0.15) is 28.8 Å². The maximum Gasteiger partial charge on any atom is 0.341 e. The van der Waals surface area contributed by atoms with Gasteiger partial charge in [-0.1, -0.05) is 0 Å². The summed E-state index contributed by atoms with van der Waals surface area (Å²) < 4.78 is 15.4. The minimum atomic E-state index is -0.401. The van der Waals surface area contributed by atoms with E-state index in [1.54, 1.807) is 20.0 Å². The topological polar surface area (TPSA) is 85.1 Å². The van der Waals surface area contributed by atoms with Crippen molar-refractivity contribution in [1.29, 1.82) is 0 Å². The SMILES string of the molecule is CCOCCNC(=NC)NCc1cc(C(=O)OC)c(C)o1. The van der Waals surface area contributed by atoms with Crippen LogP contribution in [-0.2, 0) is 16.0 Å². The first-order chi connectivity index (χ1) is 10.1. The largest absolute Gasteiger partial charge is 0.465 e. The standard InChI is InChI=1S/C14H23N3O4/c1-5-20-7-6-16-14(15-3)17-9-11-8-12(10(2)21-11)13(18)19-4/h8H,5-7,9H2,1-4H3,(H2,15,16,17). The van der Waals surface area contributed by atoms with Gasteiger partial charge in [0.2, 0.25) is 0 Å². The van der Waals surface area contributed by atoms with E-state index >= 15 is 0 Å². The van der Waals surface area contributed by atoms with E-state index in [2.05, 4.69) is 20.4 Å². The molecule has 21 heavy (non-hydrogen) atoms. The van der Waals surface area contributed by atoms with Gasteiger partial charge in [-0.25, -0.2) is 4.79 Å². The molecule has 1 aromatic rings. The Bertz CT molecular complexity index is 483. The minimum Gasteiger partial charge on any atom is -0.465 e. The number of carbonyl (C=O) groups is 1.